The maximum Gasteiger partial charge on any atom is 0.0720 e. The molecular formula is C15H22O2. The van der Waals surface area contributed by atoms with E-state index in [1.54, 1.807) is 0 Å². The van der Waals surface area contributed by atoms with Crippen LogP contribution < -0.4 is 0 Å². The molecule has 0 amide bonds. The molecule has 1 fully saturated rings. The molecule has 1 aliphatic rings. The molecule has 1 N–H and O–H groups in total. The number of aliphatic hydroxyl groups is 1. The van der Waals surface area contributed by atoms with Crippen molar-refractivity contribution >= 4 is 0 Å². The Hall–Kier alpha value is -0.860. The molecule has 94 valence electrons. The van der Waals surface area contributed by atoms with Crippen molar-refractivity contribution in [1.29, 1.82) is 0 Å². The molecule has 0 aromatic heterocycles. The fourth-order valence-electron chi connectivity index (χ4n) is 2.50. The highest BCUT2D eigenvalue weighted by Gasteiger charge is 2.20. The second kappa shape index (κ2) is 6.18. The smallest absolute Gasteiger partial charge is 0.0720 e. The molecule has 2 rings (SSSR count). The van der Waals surface area contributed by atoms with E-state index in [0.29, 0.717) is 18.6 Å². The van der Waals surface area contributed by atoms with Crippen molar-refractivity contribution in [2.45, 2.75) is 45.3 Å². The average molecular weight is 234 g/mol. The second-order valence-electron chi connectivity index (χ2n) is 5.13. The molecular weight excluding hydrogens is 212 g/mol. The summed E-state index contributed by atoms with van der Waals surface area (Å²) >= 11 is 0. The molecule has 0 radical (unpaired) electrons. The molecule has 1 saturated carbocycles. The minimum absolute atomic E-state index is 0.338. The van der Waals surface area contributed by atoms with Crippen LogP contribution in [-0.4, -0.2) is 17.8 Å². The Morgan fingerprint density at radius 1 is 1.24 bits per heavy atom. The van der Waals surface area contributed by atoms with Gasteiger partial charge >= 0.3 is 0 Å². The van der Waals surface area contributed by atoms with Crippen LogP contribution in [0.25, 0.3) is 0 Å². The standard InChI is InChI=1S/C15H22O2/c1-12-3-2-4-14(9-12)11-17-15-7-5-13(10-16)6-8-15/h2-4,9,13,15-16H,5-8,10-11H2,1H3. The lowest BCUT2D eigenvalue weighted by Gasteiger charge is -2.27. The van der Waals surface area contributed by atoms with Gasteiger partial charge in [0.15, 0.2) is 0 Å². The maximum atomic E-state index is 9.07. The summed E-state index contributed by atoms with van der Waals surface area (Å²) in [5.74, 6) is 0.508. The second-order valence-corrected chi connectivity index (χ2v) is 5.13. The molecule has 1 aromatic rings. The molecule has 0 aliphatic heterocycles. The fraction of sp³-hybridized carbons (Fsp3) is 0.600. The Kier molecular flexibility index (Phi) is 4.57. The molecule has 0 bridgehead atoms. The zero-order chi connectivity index (χ0) is 12.1. The first-order chi connectivity index (χ1) is 8.28. The Morgan fingerprint density at radius 2 is 2.00 bits per heavy atom. The molecule has 17 heavy (non-hydrogen) atoms. The van der Waals surface area contributed by atoms with Gasteiger partial charge in [-0.1, -0.05) is 29.8 Å². The van der Waals surface area contributed by atoms with Crippen molar-refractivity contribution in [2.24, 2.45) is 5.92 Å². The molecule has 1 aliphatic carbocycles. The van der Waals surface area contributed by atoms with E-state index in [2.05, 4.69) is 31.2 Å². The first-order valence-electron chi connectivity index (χ1n) is 6.56. The summed E-state index contributed by atoms with van der Waals surface area (Å²) < 4.78 is 5.94. The van der Waals surface area contributed by atoms with Crippen LogP contribution >= 0.6 is 0 Å². The van der Waals surface area contributed by atoms with Gasteiger partial charge in [-0.05, 0) is 44.1 Å². The van der Waals surface area contributed by atoms with Gasteiger partial charge in [0.25, 0.3) is 0 Å². The quantitative estimate of drug-likeness (QED) is 0.867. The summed E-state index contributed by atoms with van der Waals surface area (Å²) in [5, 5.41) is 9.07. The highest BCUT2D eigenvalue weighted by Crippen LogP contribution is 2.26. The molecule has 2 nitrogen and oxygen atoms in total. The third-order valence-electron chi connectivity index (χ3n) is 3.62. The average Bonchev–Trinajstić information content (AvgIpc) is 2.37. The predicted molar refractivity (Wildman–Crippen MR) is 68.8 cm³/mol. The third kappa shape index (κ3) is 3.83. The van der Waals surface area contributed by atoms with E-state index in [-0.39, 0.29) is 0 Å². The van der Waals surface area contributed by atoms with Crippen LogP contribution in [0.1, 0.15) is 36.8 Å². The fourth-order valence-corrected chi connectivity index (χ4v) is 2.50. The lowest BCUT2D eigenvalue weighted by Crippen LogP contribution is -2.23. The van der Waals surface area contributed by atoms with Crippen LogP contribution in [0.3, 0.4) is 0 Å². The highest BCUT2D eigenvalue weighted by molar-refractivity contribution is 5.21. The summed E-state index contributed by atoms with van der Waals surface area (Å²) in [6, 6.07) is 8.48. The Morgan fingerprint density at radius 3 is 2.65 bits per heavy atom. The van der Waals surface area contributed by atoms with Gasteiger partial charge < -0.3 is 9.84 Å². The van der Waals surface area contributed by atoms with Crippen LogP contribution in [0.4, 0.5) is 0 Å². The molecule has 1 aromatic carbocycles. The number of hydrogen-bond donors (Lipinski definition) is 1. The van der Waals surface area contributed by atoms with Crippen LogP contribution in [0.15, 0.2) is 24.3 Å². The molecule has 2 heteroatoms. The molecule has 0 spiro atoms. The number of ether oxygens (including phenoxy) is 1. The Balaban J connectivity index is 1.76. The predicted octanol–water partition coefficient (Wildman–Crippen LogP) is 3.06. The molecule has 0 saturated heterocycles. The topological polar surface area (TPSA) is 29.5 Å². The van der Waals surface area contributed by atoms with E-state index in [9.17, 15) is 0 Å². The van der Waals surface area contributed by atoms with Crippen molar-refractivity contribution in [3.63, 3.8) is 0 Å². The van der Waals surface area contributed by atoms with Gasteiger partial charge in [0.1, 0.15) is 0 Å². The van der Waals surface area contributed by atoms with E-state index in [1.807, 2.05) is 0 Å². The Labute approximate surface area is 104 Å². The monoisotopic (exact) mass is 234 g/mol. The minimum Gasteiger partial charge on any atom is -0.396 e. The van der Waals surface area contributed by atoms with Gasteiger partial charge in [0.05, 0.1) is 12.7 Å². The van der Waals surface area contributed by atoms with E-state index >= 15 is 0 Å². The van der Waals surface area contributed by atoms with E-state index in [4.69, 9.17) is 9.84 Å². The van der Waals surface area contributed by atoms with Crippen LogP contribution in [0.2, 0.25) is 0 Å². The van der Waals surface area contributed by atoms with Crippen molar-refractivity contribution in [3.05, 3.63) is 35.4 Å². The van der Waals surface area contributed by atoms with Crippen LogP contribution in [0.5, 0.6) is 0 Å². The molecule has 0 atom stereocenters. The maximum absolute atomic E-state index is 9.07. The summed E-state index contributed by atoms with van der Waals surface area (Å²) in [5.41, 5.74) is 2.55. The SMILES string of the molecule is Cc1cccc(COC2CCC(CO)CC2)c1. The number of benzene rings is 1. The first kappa shape index (κ1) is 12.6. The number of hydrogen-bond acceptors (Lipinski definition) is 2. The van der Waals surface area contributed by atoms with Gasteiger partial charge in [-0.25, -0.2) is 0 Å². The molecule has 0 unspecified atom stereocenters. The van der Waals surface area contributed by atoms with Gasteiger partial charge in [-0.2, -0.15) is 0 Å². The van der Waals surface area contributed by atoms with Crippen molar-refractivity contribution in [3.8, 4) is 0 Å². The first-order valence-corrected chi connectivity index (χ1v) is 6.56. The zero-order valence-electron chi connectivity index (χ0n) is 10.6. The highest BCUT2D eigenvalue weighted by atomic mass is 16.5. The zero-order valence-corrected chi connectivity index (χ0v) is 10.6. The van der Waals surface area contributed by atoms with Gasteiger partial charge in [0, 0.05) is 6.61 Å². The summed E-state index contributed by atoms with van der Waals surface area (Å²) in [4.78, 5) is 0. The minimum atomic E-state index is 0.338. The van der Waals surface area contributed by atoms with Crippen molar-refractivity contribution in [2.75, 3.05) is 6.61 Å². The summed E-state index contributed by atoms with van der Waals surface area (Å²) in [7, 11) is 0. The van der Waals surface area contributed by atoms with E-state index in [0.717, 1.165) is 32.3 Å². The lowest BCUT2D eigenvalue weighted by molar-refractivity contribution is 0.00119. The lowest BCUT2D eigenvalue weighted by atomic mass is 9.88. The Bertz CT molecular complexity index is 341. The van der Waals surface area contributed by atoms with E-state index < -0.39 is 0 Å². The normalized spacial score (nSPS) is 24.8. The summed E-state index contributed by atoms with van der Waals surface area (Å²) in [6.07, 6.45) is 4.79. The summed E-state index contributed by atoms with van der Waals surface area (Å²) in [6.45, 7) is 3.16. The van der Waals surface area contributed by atoms with Crippen molar-refractivity contribution < 1.29 is 9.84 Å². The van der Waals surface area contributed by atoms with Gasteiger partial charge in [-0.15, -0.1) is 0 Å². The van der Waals surface area contributed by atoms with Gasteiger partial charge in [-0.3, -0.25) is 0 Å². The number of rotatable bonds is 4. The van der Waals surface area contributed by atoms with E-state index in [1.165, 1.54) is 11.1 Å². The number of aryl methyl sites for hydroxylation is 1. The van der Waals surface area contributed by atoms with Gasteiger partial charge in [0.2, 0.25) is 0 Å². The number of aliphatic hydroxyl groups excluding tert-OH is 1. The van der Waals surface area contributed by atoms with Crippen LogP contribution in [0, 0.1) is 12.8 Å². The van der Waals surface area contributed by atoms with Crippen LogP contribution in [-0.2, 0) is 11.3 Å². The largest absolute Gasteiger partial charge is 0.396 e. The van der Waals surface area contributed by atoms with Crippen molar-refractivity contribution in [1.82, 2.24) is 0 Å². The molecule has 0 heterocycles. The third-order valence-corrected chi connectivity index (χ3v) is 3.62.